The van der Waals surface area contributed by atoms with Gasteiger partial charge < -0.3 is 4.74 Å². The molecule has 1 saturated heterocycles. The van der Waals surface area contributed by atoms with Crippen LogP contribution >= 0.6 is 0 Å². The highest BCUT2D eigenvalue weighted by Crippen LogP contribution is 2.18. The lowest BCUT2D eigenvalue weighted by molar-refractivity contribution is -0.0587. The first kappa shape index (κ1) is 16.0. The van der Waals surface area contributed by atoms with E-state index in [1.165, 1.54) is 12.1 Å². The van der Waals surface area contributed by atoms with Gasteiger partial charge in [-0.15, -0.1) is 0 Å². The first-order valence-electron chi connectivity index (χ1n) is 7.52. The van der Waals surface area contributed by atoms with Crippen LogP contribution in [0.25, 0.3) is 0 Å². The van der Waals surface area contributed by atoms with Crippen molar-refractivity contribution in [2.24, 2.45) is 5.92 Å². The van der Waals surface area contributed by atoms with E-state index in [0.717, 1.165) is 19.2 Å². The average molecular weight is 294 g/mol. The third kappa shape index (κ3) is 4.08. The molecule has 1 aromatic rings. The molecule has 0 amide bonds. The Bertz CT molecular complexity index is 478. The second-order valence-corrected chi connectivity index (χ2v) is 5.79. The summed E-state index contributed by atoms with van der Waals surface area (Å²) in [6.07, 6.45) is 2.28. The van der Waals surface area contributed by atoms with Crippen molar-refractivity contribution in [2.45, 2.75) is 39.3 Å². The number of aromatic nitrogens is 1. The van der Waals surface area contributed by atoms with E-state index in [-0.39, 0.29) is 17.8 Å². The molecule has 4 nitrogen and oxygen atoms in total. The van der Waals surface area contributed by atoms with Crippen LogP contribution in [0.2, 0.25) is 0 Å². The van der Waals surface area contributed by atoms with Gasteiger partial charge >= 0.3 is 0 Å². The number of carbonyl (C=O) groups is 1. The number of pyridine rings is 1. The lowest BCUT2D eigenvalue weighted by atomic mass is 10.0. The normalized spacial score (nSPS) is 24.8. The van der Waals surface area contributed by atoms with E-state index in [0.29, 0.717) is 24.9 Å². The van der Waals surface area contributed by atoms with Crippen LogP contribution < -0.4 is 0 Å². The van der Waals surface area contributed by atoms with E-state index >= 15 is 0 Å². The van der Waals surface area contributed by atoms with Crippen molar-refractivity contribution in [2.75, 3.05) is 19.7 Å². The van der Waals surface area contributed by atoms with Crippen molar-refractivity contribution >= 4 is 5.78 Å². The first-order valence-corrected chi connectivity index (χ1v) is 7.52. The predicted octanol–water partition coefficient (Wildman–Crippen LogP) is 2.54. The zero-order valence-corrected chi connectivity index (χ0v) is 12.9. The highest BCUT2D eigenvalue weighted by molar-refractivity contribution is 5.95. The predicted molar refractivity (Wildman–Crippen MR) is 78.8 cm³/mol. The molecule has 5 heteroatoms. The number of hydrogen-bond donors (Lipinski definition) is 0. The summed E-state index contributed by atoms with van der Waals surface area (Å²) in [5.74, 6) is -0.626. The molecule has 0 aromatic carbocycles. The fraction of sp³-hybridized carbons (Fsp3) is 0.625. The Kier molecular flexibility index (Phi) is 5.42. The molecular formula is C16H23FN2O2. The van der Waals surface area contributed by atoms with Gasteiger partial charge in [0.2, 0.25) is 0 Å². The van der Waals surface area contributed by atoms with Crippen molar-refractivity contribution in [3.8, 4) is 0 Å². The number of rotatable bonds is 5. The maximum atomic E-state index is 12.9. The summed E-state index contributed by atoms with van der Waals surface area (Å²) in [5.41, 5.74) is 0.332. The maximum Gasteiger partial charge on any atom is 0.185 e. The van der Waals surface area contributed by atoms with Crippen molar-refractivity contribution < 1.29 is 13.9 Å². The molecule has 1 aliphatic heterocycles. The summed E-state index contributed by atoms with van der Waals surface area (Å²) in [5, 5.41) is 0. The molecule has 3 unspecified atom stereocenters. The fourth-order valence-corrected chi connectivity index (χ4v) is 2.72. The van der Waals surface area contributed by atoms with E-state index in [9.17, 15) is 9.18 Å². The molecular weight excluding hydrogens is 271 g/mol. The molecule has 2 rings (SSSR count). The van der Waals surface area contributed by atoms with Gasteiger partial charge in [0.15, 0.2) is 5.78 Å². The van der Waals surface area contributed by atoms with Crippen molar-refractivity contribution in [3.63, 3.8) is 0 Å². The average Bonchev–Trinajstić information content (AvgIpc) is 2.47. The van der Waals surface area contributed by atoms with Crippen LogP contribution in [0.3, 0.4) is 0 Å². The molecule has 3 atom stereocenters. The molecule has 0 saturated carbocycles. The van der Waals surface area contributed by atoms with Gasteiger partial charge in [0.1, 0.15) is 11.5 Å². The van der Waals surface area contributed by atoms with Gasteiger partial charge in [-0.3, -0.25) is 14.7 Å². The Morgan fingerprint density at radius 1 is 1.57 bits per heavy atom. The van der Waals surface area contributed by atoms with Crippen molar-refractivity contribution in [3.05, 3.63) is 29.8 Å². The summed E-state index contributed by atoms with van der Waals surface area (Å²) in [4.78, 5) is 18.6. The number of nitrogens with zero attached hydrogens (tertiary/aromatic N) is 2. The molecule has 21 heavy (non-hydrogen) atoms. The molecule has 0 N–H and O–H groups in total. The summed E-state index contributed by atoms with van der Waals surface area (Å²) in [7, 11) is 0. The minimum atomic E-state index is -0.424. The number of ether oxygens (including phenoxy) is 1. The largest absolute Gasteiger partial charge is 0.376 e. The molecule has 0 radical (unpaired) electrons. The summed E-state index contributed by atoms with van der Waals surface area (Å²) in [6.45, 7) is 8.32. The number of Topliss-reactive ketones (excluding diaryl/α,β-unsaturated/α-hetero) is 1. The number of hydrogen-bond acceptors (Lipinski definition) is 4. The number of carbonyl (C=O) groups excluding carboxylic acids is 1. The van der Waals surface area contributed by atoms with Gasteiger partial charge in [-0.05, 0) is 25.5 Å². The molecule has 0 bridgehead atoms. The van der Waals surface area contributed by atoms with Crippen LogP contribution in [0, 0.1) is 11.7 Å². The highest BCUT2D eigenvalue weighted by Gasteiger charge is 2.28. The molecule has 0 spiro atoms. The number of morpholine rings is 1. The number of halogens is 1. The van der Waals surface area contributed by atoms with E-state index in [4.69, 9.17) is 4.74 Å². The Morgan fingerprint density at radius 2 is 2.33 bits per heavy atom. The van der Waals surface area contributed by atoms with Gasteiger partial charge in [-0.2, -0.15) is 0 Å². The monoisotopic (exact) mass is 294 g/mol. The lowest BCUT2D eigenvalue weighted by Gasteiger charge is -2.39. The van der Waals surface area contributed by atoms with Crippen LogP contribution in [0.4, 0.5) is 4.39 Å². The minimum absolute atomic E-state index is 0.0380. The fourth-order valence-electron chi connectivity index (χ4n) is 2.72. The first-order chi connectivity index (χ1) is 10.0. The van der Waals surface area contributed by atoms with Crippen LogP contribution in [-0.4, -0.2) is 47.5 Å². The number of ketones is 1. The topological polar surface area (TPSA) is 42.4 Å². The molecule has 2 heterocycles. The van der Waals surface area contributed by atoms with Crippen LogP contribution in [0.15, 0.2) is 18.3 Å². The summed E-state index contributed by atoms with van der Waals surface area (Å²) in [6, 6.07) is 3.09. The Morgan fingerprint density at radius 3 is 2.95 bits per heavy atom. The standard InChI is InChI=1S/C16H23FN2O2/c1-4-14-10-21-12(3)9-19(14)8-11(2)16(20)15-6-5-13(17)7-18-15/h5-7,11-12,14H,4,8-10H2,1-3H3. The van der Waals surface area contributed by atoms with Crippen molar-refractivity contribution in [1.29, 1.82) is 0 Å². The molecule has 1 aromatic heterocycles. The van der Waals surface area contributed by atoms with E-state index in [1.807, 2.05) is 13.8 Å². The van der Waals surface area contributed by atoms with Crippen LogP contribution in [0.1, 0.15) is 37.7 Å². The van der Waals surface area contributed by atoms with Crippen LogP contribution in [0.5, 0.6) is 0 Å². The third-order valence-corrected chi connectivity index (χ3v) is 3.99. The second kappa shape index (κ2) is 7.09. The highest BCUT2D eigenvalue weighted by atomic mass is 19.1. The smallest absolute Gasteiger partial charge is 0.185 e. The third-order valence-electron chi connectivity index (χ3n) is 3.99. The zero-order valence-electron chi connectivity index (χ0n) is 12.9. The summed E-state index contributed by atoms with van der Waals surface area (Å²) < 4.78 is 18.5. The zero-order chi connectivity index (χ0) is 15.4. The Balaban J connectivity index is 2.00. The molecule has 1 fully saturated rings. The van der Waals surface area contributed by atoms with Gasteiger partial charge in [0, 0.05) is 25.0 Å². The minimum Gasteiger partial charge on any atom is -0.376 e. The summed E-state index contributed by atoms with van der Waals surface area (Å²) >= 11 is 0. The lowest BCUT2D eigenvalue weighted by Crippen LogP contribution is -2.50. The van der Waals surface area contributed by atoms with Gasteiger partial charge in [-0.25, -0.2) is 4.39 Å². The maximum absolute atomic E-state index is 12.9. The van der Waals surface area contributed by atoms with E-state index in [2.05, 4.69) is 16.8 Å². The van der Waals surface area contributed by atoms with Gasteiger partial charge in [0.05, 0.1) is 18.9 Å². The molecule has 0 aliphatic carbocycles. The van der Waals surface area contributed by atoms with E-state index in [1.54, 1.807) is 0 Å². The van der Waals surface area contributed by atoms with Gasteiger partial charge in [-0.1, -0.05) is 13.8 Å². The Labute approximate surface area is 125 Å². The van der Waals surface area contributed by atoms with Crippen molar-refractivity contribution in [1.82, 2.24) is 9.88 Å². The van der Waals surface area contributed by atoms with Gasteiger partial charge in [0.25, 0.3) is 0 Å². The molecule has 116 valence electrons. The SMILES string of the molecule is CCC1COC(C)CN1CC(C)C(=O)c1ccc(F)cn1. The second-order valence-electron chi connectivity index (χ2n) is 5.79. The Hall–Kier alpha value is -1.33. The quantitative estimate of drug-likeness (QED) is 0.783. The molecule has 1 aliphatic rings. The van der Waals surface area contributed by atoms with Crippen LogP contribution in [-0.2, 0) is 4.74 Å². The van der Waals surface area contributed by atoms with E-state index < -0.39 is 5.82 Å².